The number of ether oxygens (including phenoxy) is 2. The van der Waals surface area contributed by atoms with Crippen LogP contribution in [-0.2, 0) is 4.74 Å². The molecule has 0 saturated heterocycles. The number of hydrogen-bond acceptors (Lipinski definition) is 5. The van der Waals surface area contributed by atoms with E-state index in [9.17, 15) is 14.4 Å². The van der Waals surface area contributed by atoms with Crippen LogP contribution in [0.4, 0.5) is 0 Å². The van der Waals surface area contributed by atoms with E-state index >= 15 is 0 Å². The minimum absolute atomic E-state index is 0.255. The summed E-state index contributed by atoms with van der Waals surface area (Å²) in [6.45, 7) is 2.60. The summed E-state index contributed by atoms with van der Waals surface area (Å²) in [5.74, 6) is -0.366. The second-order valence-electron chi connectivity index (χ2n) is 6.81. The molecule has 3 rings (SSSR count). The Kier molecular flexibility index (Phi) is 6.29. The Hall–Kier alpha value is -3.19. The van der Waals surface area contributed by atoms with Gasteiger partial charge in [-0.05, 0) is 37.6 Å². The Labute approximate surface area is 169 Å². The van der Waals surface area contributed by atoms with Crippen LogP contribution in [0.1, 0.15) is 56.0 Å². The van der Waals surface area contributed by atoms with Crippen molar-refractivity contribution in [3.8, 4) is 5.75 Å². The molecule has 29 heavy (non-hydrogen) atoms. The first-order valence-electron chi connectivity index (χ1n) is 9.41. The molecule has 1 aliphatic heterocycles. The molecule has 3 amide bonds. The normalized spacial score (nSPS) is 14.0. The lowest BCUT2D eigenvalue weighted by molar-refractivity contribution is 0.0638. The zero-order valence-electron chi connectivity index (χ0n) is 16.7. The smallest absolute Gasteiger partial charge is 0.261 e. The molecule has 0 unspecified atom stereocenters. The van der Waals surface area contributed by atoms with Crippen molar-refractivity contribution in [2.24, 2.45) is 0 Å². The second kappa shape index (κ2) is 8.87. The number of amides is 3. The van der Waals surface area contributed by atoms with Crippen LogP contribution in [0.3, 0.4) is 0 Å². The number of carbonyl (C=O) groups is 3. The van der Waals surface area contributed by atoms with E-state index in [1.807, 2.05) is 31.2 Å². The first-order chi connectivity index (χ1) is 14.0. The molecular weight excluding hydrogens is 372 g/mol. The molecule has 1 atom stereocenters. The number of benzene rings is 2. The van der Waals surface area contributed by atoms with Gasteiger partial charge in [0.1, 0.15) is 5.75 Å². The van der Waals surface area contributed by atoms with Gasteiger partial charge in [-0.1, -0.05) is 18.2 Å². The predicted octanol–water partition coefficient (Wildman–Crippen LogP) is 2.82. The SMILES string of the molecule is COCCCN1C(=O)c2ccc(C(=O)N[C@H](C)c3ccccc3OC)cc2C1=O. The quantitative estimate of drug-likeness (QED) is 0.548. The monoisotopic (exact) mass is 396 g/mol. The summed E-state index contributed by atoms with van der Waals surface area (Å²) in [6.07, 6.45) is 0.561. The van der Waals surface area contributed by atoms with E-state index in [-0.39, 0.29) is 35.9 Å². The van der Waals surface area contributed by atoms with Gasteiger partial charge in [-0.25, -0.2) is 0 Å². The van der Waals surface area contributed by atoms with Gasteiger partial charge < -0.3 is 14.8 Å². The number of hydrogen-bond donors (Lipinski definition) is 1. The molecule has 0 aliphatic carbocycles. The van der Waals surface area contributed by atoms with Crippen molar-refractivity contribution in [1.82, 2.24) is 10.2 Å². The molecule has 2 aromatic carbocycles. The number of nitrogens with one attached hydrogen (secondary N) is 1. The number of carbonyl (C=O) groups excluding carboxylic acids is 3. The zero-order valence-corrected chi connectivity index (χ0v) is 16.7. The molecule has 2 aromatic rings. The summed E-state index contributed by atoms with van der Waals surface area (Å²) >= 11 is 0. The maximum Gasteiger partial charge on any atom is 0.261 e. The lowest BCUT2D eigenvalue weighted by Gasteiger charge is -2.17. The van der Waals surface area contributed by atoms with Crippen LogP contribution in [0.2, 0.25) is 0 Å². The minimum atomic E-state index is -0.381. The molecule has 0 fully saturated rings. The molecule has 152 valence electrons. The van der Waals surface area contributed by atoms with Gasteiger partial charge in [0, 0.05) is 31.4 Å². The first kappa shape index (κ1) is 20.5. The highest BCUT2D eigenvalue weighted by molar-refractivity contribution is 6.22. The molecule has 0 saturated carbocycles. The highest BCUT2D eigenvalue weighted by Crippen LogP contribution is 2.26. The Bertz CT molecular complexity index is 941. The third kappa shape index (κ3) is 4.14. The van der Waals surface area contributed by atoms with Crippen molar-refractivity contribution in [1.29, 1.82) is 0 Å². The molecule has 1 N–H and O–H groups in total. The van der Waals surface area contributed by atoms with Gasteiger partial charge in [-0.2, -0.15) is 0 Å². The summed E-state index contributed by atoms with van der Waals surface area (Å²) in [5.41, 5.74) is 1.75. The number of fused-ring (bicyclic) bond motifs is 1. The van der Waals surface area contributed by atoms with E-state index in [1.54, 1.807) is 20.3 Å². The molecule has 1 heterocycles. The van der Waals surface area contributed by atoms with E-state index < -0.39 is 0 Å². The molecule has 0 bridgehead atoms. The molecule has 0 aromatic heterocycles. The summed E-state index contributed by atoms with van der Waals surface area (Å²) in [6, 6.07) is 11.7. The van der Waals surface area contributed by atoms with Crippen LogP contribution in [0.5, 0.6) is 5.75 Å². The van der Waals surface area contributed by atoms with Gasteiger partial charge in [-0.15, -0.1) is 0 Å². The Balaban J connectivity index is 1.76. The number of imide groups is 1. The van der Waals surface area contributed by atoms with Crippen LogP contribution < -0.4 is 10.1 Å². The average molecular weight is 396 g/mol. The van der Waals surface area contributed by atoms with E-state index in [2.05, 4.69) is 5.32 Å². The van der Waals surface area contributed by atoms with Gasteiger partial charge in [-0.3, -0.25) is 19.3 Å². The fraction of sp³-hybridized carbons (Fsp3) is 0.318. The highest BCUT2D eigenvalue weighted by Gasteiger charge is 2.35. The molecular formula is C22H24N2O5. The summed E-state index contributed by atoms with van der Waals surface area (Å²) < 4.78 is 10.3. The first-order valence-corrected chi connectivity index (χ1v) is 9.41. The number of rotatable bonds is 8. The Morgan fingerprint density at radius 3 is 2.52 bits per heavy atom. The predicted molar refractivity (Wildman–Crippen MR) is 107 cm³/mol. The van der Waals surface area contributed by atoms with Gasteiger partial charge >= 0.3 is 0 Å². The van der Waals surface area contributed by atoms with Crippen LogP contribution in [-0.4, -0.2) is 50.0 Å². The summed E-state index contributed by atoms with van der Waals surface area (Å²) in [7, 11) is 3.15. The lowest BCUT2D eigenvalue weighted by Crippen LogP contribution is -2.31. The number of para-hydroxylation sites is 1. The van der Waals surface area contributed by atoms with Gasteiger partial charge in [0.15, 0.2) is 0 Å². The summed E-state index contributed by atoms with van der Waals surface area (Å²) in [5, 5.41) is 2.91. The van der Waals surface area contributed by atoms with Crippen molar-refractivity contribution in [2.75, 3.05) is 27.4 Å². The lowest BCUT2D eigenvalue weighted by atomic mass is 10.0. The largest absolute Gasteiger partial charge is 0.496 e. The fourth-order valence-corrected chi connectivity index (χ4v) is 3.38. The average Bonchev–Trinajstić information content (AvgIpc) is 2.98. The van der Waals surface area contributed by atoms with Crippen molar-refractivity contribution in [3.63, 3.8) is 0 Å². The van der Waals surface area contributed by atoms with Crippen LogP contribution in [0.15, 0.2) is 42.5 Å². The van der Waals surface area contributed by atoms with E-state index in [0.717, 1.165) is 5.56 Å². The van der Waals surface area contributed by atoms with Gasteiger partial charge in [0.25, 0.3) is 17.7 Å². The summed E-state index contributed by atoms with van der Waals surface area (Å²) in [4.78, 5) is 39.0. The fourth-order valence-electron chi connectivity index (χ4n) is 3.38. The van der Waals surface area contributed by atoms with Crippen molar-refractivity contribution in [2.45, 2.75) is 19.4 Å². The van der Waals surface area contributed by atoms with Gasteiger partial charge in [0.2, 0.25) is 0 Å². The maximum atomic E-state index is 12.7. The second-order valence-corrected chi connectivity index (χ2v) is 6.81. The Morgan fingerprint density at radius 2 is 1.79 bits per heavy atom. The van der Waals surface area contributed by atoms with Crippen molar-refractivity contribution in [3.05, 3.63) is 64.7 Å². The third-order valence-corrected chi connectivity index (χ3v) is 4.92. The highest BCUT2D eigenvalue weighted by atomic mass is 16.5. The molecule has 7 nitrogen and oxygen atoms in total. The third-order valence-electron chi connectivity index (χ3n) is 4.92. The molecule has 0 spiro atoms. The zero-order chi connectivity index (χ0) is 21.0. The van der Waals surface area contributed by atoms with Crippen LogP contribution >= 0.6 is 0 Å². The topological polar surface area (TPSA) is 84.9 Å². The Morgan fingerprint density at radius 1 is 1.07 bits per heavy atom. The molecule has 0 radical (unpaired) electrons. The number of methoxy groups -OCH3 is 2. The van der Waals surface area contributed by atoms with E-state index in [0.29, 0.717) is 29.9 Å². The molecule has 7 heteroatoms. The van der Waals surface area contributed by atoms with E-state index in [1.165, 1.54) is 17.0 Å². The van der Waals surface area contributed by atoms with Crippen LogP contribution in [0, 0.1) is 0 Å². The van der Waals surface area contributed by atoms with Crippen molar-refractivity contribution >= 4 is 17.7 Å². The minimum Gasteiger partial charge on any atom is -0.496 e. The standard InChI is InChI=1S/C22H24N2O5/c1-14(16-7-4-5-8-19(16)29-3)23-20(25)15-9-10-17-18(13-15)22(27)24(21(17)26)11-6-12-28-2/h4-5,7-10,13-14H,6,11-12H2,1-3H3,(H,23,25)/t14-/m1/s1. The van der Waals surface area contributed by atoms with Gasteiger partial charge in [0.05, 0.1) is 24.3 Å². The maximum absolute atomic E-state index is 12.7. The molecule has 1 aliphatic rings. The van der Waals surface area contributed by atoms with Crippen molar-refractivity contribution < 1.29 is 23.9 Å². The van der Waals surface area contributed by atoms with Crippen LogP contribution in [0.25, 0.3) is 0 Å². The number of nitrogens with zero attached hydrogens (tertiary/aromatic N) is 1. The van der Waals surface area contributed by atoms with E-state index in [4.69, 9.17) is 9.47 Å².